The number of piperidine rings is 2. The zero-order valence-corrected chi connectivity index (χ0v) is 11.6. The van der Waals surface area contributed by atoms with Crippen molar-refractivity contribution in [2.45, 2.75) is 31.8 Å². The topological polar surface area (TPSA) is 15.3 Å². The molecule has 94 valence electrons. The molecule has 0 radical (unpaired) electrons. The molecule has 0 aromatic carbocycles. The first-order chi connectivity index (χ1) is 8.31. The number of likely N-dealkylation sites (tertiary alicyclic amines) is 1. The number of hydrogen-bond acceptors (Lipinski definition) is 3. The minimum atomic E-state index is 0.784. The number of nitrogens with one attached hydrogen (secondary N) is 1. The second-order valence-electron chi connectivity index (χ2n) is 5.19. The molecule has 3 heterocycles. The number of halogens is 1. The van der Waals surface area contributed by atoms with E-state index in [1.165, 1.54) is 43.8 Å². The summed E-state index contributed by atoms with van der Waals surface area (Å²) in [5.41, 5.74) is 0. The zero-order valence-electron chi connectivity index (χ0n) is 9.99. The molecule has 0 aliphatic carbocycles. The van der Waals surface area contributed by atoms with E-state index in [2.05, 4.69) is 16.3 Å². The van der Waals surface area contributed by atoms with Gasteiger partial charge in [0.15, 0.2) is 0 Å². The summed E-state index contributed by atoms with van der Waals surface area (Å²) >= 11 is 7.70. The van der Waals surface area contributed by atoms with E-state index >= 15 is 0 Å². The highest BCUT2D eigenvalue weighted by atomic mass is 35.5. The molecule has 2 nitrogen and oxygen atoms in total. The van der Waals surface area contributed by atoms with Gasteiger partial charge in [0, 0.05) is 30.6 Å². The fourth-order valence-electron chi connectivity index (χ4n) is 3.12. The summed E-state index contributed by atoms with van der Waals surface area (Å²) in [5, 5.41) is 3.66. The predicted octanol–water partition coefficient (Wildman–Crippen LogP) is 2.98. The molecular formula is C13H19ClN2S. The average molecular weight is 271 g/mol. The Labute approximate surface area is 112 Å². The lowest BCUT2D eigenvalue weighted by atomic mass is 9.85. The first-order valence-electron chi connectivity index (χ1n) is 6.51. The Kier molecular flexibility index (Phi) is 3.71. The molecule has 0 saturated carbocycles. The van der Waals surface area contributed by atoms with Crippen LogP contribution in [0.4, 0.5) is 0 Å². The quantitative estimate of drug-likeness (QED) is 0.889. The van der Waals surface area contributed by atoms with Crippen LogP contribution in [0.1, 0.15) is 24.1 Å². The second kappa shape index (κ2) is 5.27. The smallest absolute Gasteiger partial charge is 0.0931 e. The molecule has 2 fully saturated rings. The molecule has 17 heavy (non-hydrogen) atoms. The van der Waals surface area contributed by atoms with E-state index in [4.69, 9.17) is 11.6 Å². The first kappa shape index (κ1) is 12.0. The van der Waals surface area contributed by atoms with Gasteiger partial charge < -0.3 is 5.32 Å². The number of hydrogen-bond donors (Lipinski definition) is 1. The molecule has 3 rings (SSSR count). The monoisotopic (exact) mass is 270 g/mol. The summed E-state index contributed by atoms with van der Waals surface area (Å²) < 4.78 is 0.911. The molecule has 0 amide bonds. The molecule has 0 bridgehead atoms. The van der Waals surface area contributed by atoms with E-state index in [1.54, 1.807) is 11.3 Å². The van der Waals surface area contributed by atoms with Crippen LogP contribution >= 0.6 is 22.9 Å². The van der Waals surface area contributed by atoms with Crippen LogP contribution in [-0.2, 0) is 6.54 Å². The summed E-state index contributed by atoms with van der Waals surface area (Å²) in [7, 11) is 0. The van der Waals surface area contributed by atoms with Crippen molar-refractivity contribution in [1.82, 2.24) is 10.2 Å². The second-order valence-corrected chi connectivity index (χ2v) is 6.99. The normalized spacial score (nSPS) is 30.2. The van der Waals surface area contributed by atoms with Gasteiger partial charge in [0.2, 0.25) is 0 Å². The third-order valence-corrected chi connectivity index (χ3v) is 5.20. The van der Waals surface area contributed by atoms with Gasteiger partial charge in [0.1, 0.15) is 0 Å². The van der Waals surface area contributed by atoms with Crippen LogP contribution in [-0.4, -0.2) is 30.6 Å². The summed E-state index contributed by atoms with van der Waals surface area (Å²) in [6.45, 7) is 4.79. The van der Waals surface area contributed by atoms with Crippen molar-refractivity contribution in [2.24, 2.45) is 5.92 Å². The van der Waals surface area contributed by atoms with Crippen LogP contribution in [0.25, 0.3) is 0 Å². The van der Waals surface area contributed by atoms with Crippen LogP contribution in [0.15, 0.2) is 12.1 Å². The molecule has 2 aliphatic rings. The Bertz CT molecular complexity index is 379. The number of fused-ring (bicyclic) bond motifs is 1. The van der Waals surface area contributed by atoms with Gasteiger partial charge in [-0.15, -0.1) is 11.3 Å². The van der Waals surface area contributed by atoms with E-state index in [1.807, 2.05) is 6.07 Å². The number of thiophene rings is 1. The van der Waals surface area contributed by atoms with Gasteiger partial charge in [-0.1, -0.05) is 11.6 Å². The highest BCUT2D eigenvalue weighted by Gasteiger charge is 2.30. The van der Waals surface area contributed by atoms with Crippen molar-refractivity contribution in [1.29, 1.82) is 0 Å². The Morgan fingerprint density at radius 1 is 1.41 bits per heavy atom. The lowest BCUT2D eigenvalue weighted by Crippen LogP contribution is -2.51. The number of nitrogens with zero attached hydrogens (tertiary/aromatic N) is 1. The van der Waals surface area contributed by atoms with E-state index in [0.717, 1.165) is 22.8 Å². The SMILES string of the molecule is Clc1ccc(CN2CC[C@@H]3NCCC[C@@H]3C2)s1. The standard InChI is InChI=1S/C13H19ClN2S/c14-13-4-3-11(17-13)9-16-7-5-12-10(8-16)2-1-6-15-12/h3-4,10,12,15H,1-2,5-9H2/t10-,12+/m1/s1. The van der Waals surface area contributed by atoms with Gasteiger partial charge in [-0.3, -0.25) is 4.90 Å². The van der Waals surface area contributed by atoms with Gasteiger partial charge >= 0.3 is 0 Å². The summed E-state index contributed by atoms with van der Waals surface area (Å²) in [6, 6.07) is 4.96. The zero-order chi connectivity index (χ0) is 11.7. The Morgan fingerprint density at radius 3 is 3.18 bits per heavy atom. The minimum absolute atomic E-state index is 0.784. The van der Waals surface area contributed by atoms with E-state index in [0.29, 0.717) is 0 Å². The largest absolute Gasteiger partial charge is 0.314 e. The molecule has 2 aliphatic heterocycles. The van der Waals surface area contributed by atoms with Gasteiger partial charge in [-0.05, 0) is 43.9 Å². The van der Waals surface area contributed by atoms with E-state index in [9.17, 15) is 0 Å². The minimum Gasteiger partial charge on any atom is -0.314 e. The molecule has 1 aromatic rings. The third-order valence-electron chi connectivity index (χ3n) is 3.98. The summed E-state index contributed by atoms with van der Waals surface area (Å²) in [4.78, 5) is 3.99. The maximum atomic E-state index is 5.98. The van der Waals surface area contributed by atoms with E-state index in [-0.39, 0.29) is 0 Å². The summed E-state index contributed by atoms with van der Waals surface area (Å²) in [5.74, 6) is 0.868. The predicted molar refractivity (Wildman–Crippen MR) is 73.7 cm³/mol. The maximum absolute atomic E-state index is 5.98. The average Bonchev–Trinajstić information content (AvgIpc) is 2.75. The fraction of sp³-hybridized carbons (Fsp3) is 0.692. The van der Waals surface area contributed by atoms with Gasteiger partial charge in [0.05, 0.1) is 4.34 Å². The Hall–Kier alpha value is -0.0900. The molecule has 2 saturated heterocycles. The molecule has 1 aromatic heterocycles. The third kappa shape index (κ3) is 2.84. The Morgan fingerprint density at radius 2 is 2.35 bits per heavy atom. The molecule has 4 heteroatoms. The van der Waals surface area contributed by atoms with Crippen molar-refractivity contribution >= 4 is 22.9 Å². The maximum Gasteiger partial charge on any atom is 0.0931 e. The van der Waals surface area contributed by atoms with Gasteiger partial charge in [-0.2, -0.15) is 0 Å². The van der Waals surface area contributed by atoms with Crippen LogP contribution in [0.3, 0.4) is 0 Å². The van der Waals surface area contributed by atoms with Crippen LogP contribution < -0.4 is 5.32 Å². The van der Waals surface area contributed by atoms with Crippen molar-refractivity contribution < 1.29 is 0 Å². The lowest BCUT2D eigenvalue weighted by molar-refractivity contribution is 0.110. The van der Waals surface area contributed by atoms with E-state index < -0.39 is 0 Å². The summed E-state index contributed by atoms with van der Waals surface area (Å²) in [6.07, 6.45) is 4.06. The Balaban J connectivity index is 1.58. The fourth-order valence-corrected chi connectivity index (χ4v) is 4.25. The molecule has 0 spiro atoms. The van der Waals surface area contributed by atoms with Crippen LogP contribution in [0, 0.1) is 5.92 Å². The molecule has 1 N–H and O–H groups in total. The first-order valence-corrected chi connectivity index (χ1v) is 7.70. The van der Waals surface area contributed by atoms with Crippen molar-refractivity contribution in [2.75, 3.05) is 19.6 Å². The van der Waals surface area contributed by atoms with Crippen LogP contribution in [0.5, 0.6) is 0 Å². The molecular weight excluding hydrogens is 252 g/mol. The van der Waals surface area contributed by atoms with Gasteiger partial charge in [0.25, 0.3) is 0 Å². The number of rotatable bonds is 2. The van der Waals surface area contributed by atoms with Crippen molar-refractivity contribution in [3.8, 4) is 0 Å². The molecule has 0 unspecified atom stereocenters. The highest BCUT2D eigenvalue weighted by molar-refractivity contribution is 7.16. The van der Waals surface area contributed by atoms with Gasteiger partial charge in [-0.25, -0.2) is 0 Å². The van der Waals surface area contributed by atoms with Crippen molar-refractivity contribution in [3.05, 3.63) is 21.3 Å². The molecule has 2 atom stereocenters. The lowest BCUT2D eigenvalue weighted by Gasteiger charge is -2.41. The van der Waals surface area contributed by atoms with Crippen molar-refractivity contribution in [3.63, 3.8) is 0 Å². The van der Waals surface area contributed by atoms with Crippen LogP contribution in [0.2, 0.25) is 4.34 Å². The highest BCUT2D eigenvalue weighted by Crippen LogP contribution is 2.28.